The molecule has 6 heteroatoms. The first kappa shape index (κ1) is 16.8. The van der Waals surface area contributed by atoms with E-state index in [0.29, 0.717) is 18.9 Å². The van der Waals surface area contributed by atoms with Gasteiger partial charge in [0.15, 0.2) is 0 Å². The van der Waals surface area contributed by atoms with Crippen LogP contribution >= 0.6 is 0 Å². The van der Waals surface area contributed by atoms with Crippen LogP contribution in [0.2, 0.25) is 0 Å². The van der Waals surface area contributed by atoms with Crippen molar-refractivity contribution in [3.05, 3.63) is 24.3 Å². The third-order valence-electron chi connectivity index (χ3n) is 4.59. The maximum absolute atomic E-state index is 12.5. The number of anilines is 1. The number of rotatable bonds is 5. The third-order valence-corrected chi connectivity index (χ3v) is 4.59. The van der Waals surface area contributed by atoms with Crippen LogP contribution in [0.5, 0.6) is 5.75 Å². The predicted molar refractivity (Wildman–Crippen MR) is 92.1 cm³/mol. The summed E-state index contributed by atoms with van der Waals surface area (Å²) in [6.45, 7) is 4.68. The van der Waals surface area contributed by atoms with E-state index in [1.807, 2.05) is 31.2 Å². The molecule has 2 unspecified atom stereocenters. The second-order valence-corrected chi connectivity index (χ2v) is 6.36. The number of ether oxygens (including phenoxy) is 1. The van der Waals surface area contributed by atoms with E-state index in [-0.39, 0.29) is 30.2 Å². The Morgan fingerprint density at radius 2 is 2.25 bits per heavy atom. The summed E-state index contributed by atoms with van der Waals surface area (Å²) in [5.41, 5.74) is 0.749. The van der Waals surface area contributed by atoms with E-state index in [0.717, 1.165) is 31.6 Å². The van der Waals surface area contributed by atoms with Crippen LogP contribution in [-0.4, -0.2) is 44.1 Å². The summed E-state index contributed by atoms with van der Waals surface area (Å²) in [5.74, 6) is 0.345. The van der Waals surface area contributed by atoms with Crippen LogP contribution in [0.3, 0.4) is 0 Å². The van der Waals surface area contributed by atoms with Crippen LogP contribution < -0.4 is 20.3 Å². The van der Waals surface area contributed by atoms with Gasteiger partial charge >= 0.3 is 0 Å². The van der Waals surface area contributed by atoms with Crippen molar-refractivity contribution >= 4 is 17.5 Å². The van der Waals surface area contributed by atoms with E-state index in [1.165, 1.54) is 0 Å². The first-order valence-corrected chi connectivity index (χ1v) is 8.72. The summed E-state index contributed by atoms with van der Waals surface area (Å²) < 4.78 is 5.61. The van der Waals surface area contributed by atoms with Gasteiger partial charge in [0.1, 0.15) is 5.75 Å². The van der Waals surface area contributed by atoms with Crippen molar-refractivity contribution < 1.29 is 14.3 Å². The molecule has 0 spiro atoms. The average molecular weight is 331 g/mol. The lowest BCUT2D eigenvalue weighted by Crippen LogP contribution is -2.47. The zero-order valence-corrected chi connectivity index (χ0v) is 14.1. The van der Waals surface area contributed by atoms with Gasteiger partial charge in [-0.15, -0.1) is 0 Å². The highest BCUT2D eigenvalue weighted by Gasteiger charge is 2.36. The van der Waals surface area contributed by atoms with Gasteiger partial charge in [-0.05, 0) is 38.4 Å². The molecule has 0 aliphatic carbocycles. The number of nitrogens with one attached hydrogen (secondary N) is 2. The lowest BCUT2D eigenvalue weighted by atomic mass is 10.0. The van der Waals surface area contributed by atoms with Crippen molar-refractivity contribution in [2.45, 2.75) is 32.2 Å². The second-order valence-electron chi connectivity index (χ2n) is 6.36. The fraction of sp³-hybridized carbons (Fsp3) is 0.556. The molecule has 2 N–H and O–H groups in total. The maximum Gasteiger partial charge on any atom is 0.227 e. The van der Waals surface area contributed by atoms with Crippen molar-refractivity contribution in [1.29, 1.82) is 0 Å². The van der Waals surface area contributed by atoms with Crippen LogP contribution in [0.25, 0.3) is 0 Å². The number of hydrogen-bond donors (Lipinski definition) is 2. The van der Waals surface area contributed by atoms with E-state index in [1.54, 1.807) is 4.90 Å². The Bertz CT molecular complexity index is 599. The molecule has 2 aliphatic heterocycles. The molecule has 2 heterocycles. The van der Waals surface area contributed by atoms with Crippen LogP contribution in [0, 0.1) is 5.92 Å². The number of carbonyl (C=O) groups excluding carboxylic acids is 2. The highest BCUT2D eigenvalue weighted by Crippen LogP contribution is 2.33. The van der Waals surface area contributed by atoms with Gasteiger partial charge in [0.2, 0.25) is 11.8 Å². The Hall–Kier alpha value is -2.08. The molecule has 1 aromatic carbocycles. The molecule has 3 rings (SSSR count). The lowest BCUT2D eigenvalue weighted by Gasteiger charge is -2.25. The summed E-state index contributed by atoms with van der Waals surface area (Å²) in [4.78, 5) is 26.6. The lowest BCUT2D eigenvalue weighted by molar-refractivity contribution is -0.127. The molecule has 0 radical (unpaired) electrons. The molecule has 24 heavy (non-hydrogen) atoms. The Balaban J connectivity index is 1.66. The van der Waals surface area contributed by atoms with Crippen molar-refractivity contribution in [1.82, 2.24) is 10.6 Å². The summed E-state index contributed by atoms with van der Waals surface area (Å²) in [6.07, 6.45) is 2.32. The zero-order chi connectivity index (χ0) is 16.9. The molecular weight excluding hydrogens is 306 g/mol. The summed E-state index contributed by atoms with van der Waals surface area (Å²) in [7, 11) is 0. The number of amides is 2. The molecule has 2 aliphatic rings. The average Bonchev–Trinajstić information content (AvgIpc) is 2.98. The number of benzene rings is 1. The Morgan fingerprint density at radius 1 is 1.42 bits per heavy atom. The maximum atomic E-state index is 12.5. The van der Waals surface area contributed by atoms with E-state index in [2.05, 4.69) is 10.6 Å². The summed E-state index contributed by atoms with van der Waals surface area (Å²) in [5, 5.41) is 6.37. The molecule has 2 saturated heterocycles. The van der Waals surface area contributed by atoms with Gasteiger partial charge in [-0.2, -0.15) is 0 Å². The topological polar surface area (TPSA) is 70.7 Å². The van der Waals surface area contributed by atoms with E-state index < -0.39 is 0 Å². The van der Waals surface area contributed by atoms with Gasteiger partial charge in [0, 0.05) is 25.6 Å². The van der Waals surface area contributed by atoms with E-state index >= 15 is 0 Å². The summed E-state index contributed by atoms with van der Waals surface area (Å²) >= 11 is 0. The minimum Gasteiger partial charge on any atom is -0.492 e. The largest absolute Gasteiger partial charge is 0.492 e. The number of carbonyl (C=O) groups is 2. The van der Waals surface area contributed by atoms with Gasteiger partial charge in [0.25, 0.3) is 0 Å². The SMILES string of the molecule is CCOc1ccccc1N1CC(C(=O)NC2CCCNC2)CC1=O. The Labute approximate surface area is 142 Å². The van der Waals surface area contributed by atoms with Gasteiger partial charge in [0.05, 0.1) is 18.2 Å². The number of nitrogens with zero attached hydrogens (tertiary/aromatic N) is 1. The minimum absolute atomic E-state index is 0.0200. The zero-order valence-electron chi connectivity index (χ0n) is 14.1. The fourth-order valence-corrected chi connectivity index (χ4v) is 3.37. The van der Waals surface area contributed by atoms with Gasteiger partial charge in [-0.25, -0.2) is 0 Å². The molecule has 0 aromatic heterocycles. The molecule has 2 fully saturated rings. The third kappa shape index (κ3) is 3.70. The fourth-order valence-electron chi connectivity index (χ4n) is 3.37. The van der Waals surface area contributed by atoms with Crippen LogP contribution in [0.1, 0.15) is 26.2 Å². The number of piperidine rings is 1. The van der Waals surface area contributed by atoms with Crippen molar-refractivity contribution in [2.24, 2.45) is 5.92 Å². The monoisotopic (exact) mass is 331 g/mol. The smallest absolute Gasteiger partial charge is 0.227 e. The predicted octanol–water partition coefficient (Wildman–Crippen LogP) is 1.31. The van der Waals surface area contributed by atoms with E-state index in [9.17, 15) is 9.59 Å². The van der Waals surface area contributed by atoms with Crippen LogP contribution in [0.15, 0.2) is 24.3 Å². The quantitative estimate of drug-likeness (QED) is 0.853. The Morgan fingerprint density at radius 3 is 3.00 bits per heavy atom. The van der Waals surface area contributed by atoms with Crippen molar-refractivity contribution in [3.63, 3.8) is 0 Å². The Kier molecular flexibility index (Phi) is 5.35. The normalized spacial score (nSPS) is 24.0. The minimum atomic E-state index is -0.297. The van der Waals surface area contributed by atoms with E-state index in [4.69, 9.17) is 4.74 Å². The van der Waals surface area contributed by atoms with Crippen molar-refractivity contribution in [2.75, 3.05) is 31.1 Å². The number of para-hydroxylation sites is 2. The molecule has 2 atom stereocenters. The van der Waals surface area contributed by atoms with Gasteiger partial charge in [-0.3, -0.25) is 9.59 Å². The van der Waals surface area contributed by atoms with Crippen molar-refractivity contribution in [3.8, 4) is 5.75 Å². The standard InChI is InChI=1S/C18H25N3O3/c1-2-24-16-8-4-3-7-15(16)21-12-13(10-17(21)22)18(23)20-14-6-5-9-19-11-14/h3-4,7-8,13-14,19H,2,5-6,9-12H2,1H3,(H,20,23). The summed E-state index contributed by atoms with van der Waals surface area (Å²) in [6, 6.07) is 7.66. The number of hydrogen-bond acceptors (Lipinski definition) is 4. The molecule has 130 valence electrons. The van der Waals surface area contributed by atoms with Gasteiger partial charge in [-0.1, -0.05) is 12.1 Å². The first-order chi connectivity index (χ1) is 11.7. The van der Waals surface area contributed by atoms with Crippen LogP contribution in [0.4, 0.5) is 5.69 Å². The van der Waals surface area contributed by atoms with Crippen LogP contribution in [-0.2, 0) is 9.59 Å². The second kappa shape index (κ2) is 7.66. The molecule has 0 bridgehead atoms. The first-order valence-electron chi connectivity index (χ1n) is 8.72. The molecule has 6 nitrogen and oxygen atoms in total. The molecule has 2 amide bonds. The highest BCUT2D eigenvalue weighted by atomic mass is 16.5. The highest BCUT2D eigenvalue weighted by molar-refractivity contribution is 6.01. The van der Waals surface area contributed by atoms with Gasteiger partial charge < -0.3 is 20.3 Å². The molecular formula is C18H25N3O3. The molecule has 1 aromatic rings. The molecule has 0 saturated carbocycles.